The number of hydrogen-bond acceptors (Lipinski definition) is 4. The van der Waals surface area contributed by atoms with Crippen LogP contribution in [0.1, 0.15) is 0 Å². The molecular weight excluding hydrogens is 245 g/mol. The molecule has 0 radical (unpaired) electrons. The summed E-state index contributed by atoms with van der Waals surface area (Å²) in [6.07, 6.45) is 0. The fourth-order valence-electron chi connectivity index (χ4n) is 2.48. The van der Waals surface area contributed by atoms with E-state index in [0.29, 0.717) is 12.3 Å². The summed E-state index contributed by atoms with van der Waals surface area (Å²) in [7, 11) is 1.66. The number of hydrogen-bond donors (Lipinski definition) is 1. The molecule has 1 heterocycles. The highest BCUT2D eigenvalue weighted by molar-refractivity contribution is 5.47. The number of methoxy groups -OCH3 is 1. The van der Waals surface area contributed by atoms with Gasteiger partial charge in [0.1, 0.15) is 5.82 Å². The maximum Gasteiger partial charge on any atom is 0.146 e. The van der Waals surface area contributed by atoms with E-state index in [0.717, 1.165) is 32.7 Å². The van der Waals surface area contributed by atoms with Crippen LogP contribution in [0.15, 0.2) is 24.3 Å². The average Bonchev–Trinajstić information content (AvgIpc) is 2.41. The quantitative estimate of drug-likeness (QED) is 0.861. The average molecular weight is 267 g/mol. The summed E-state index contributed by atoms with van der Waals surface area (Å²) in [5.74, 6) is -0.146. The molecular formula is C14H22FN3O. The van der Waals surface area contributed by atoms with Crippen molar-refractivity contribution in [2.75, 3.05) is 51.3 Å². The number of nitrogens with zero attached hydrogens (tertiary/aromatic N) is 2. The number of para-hydroxylation sites is 1. The molecule has 1 unspecified atom stereocenters. The summed E-state index contributed by atoms with van der Waals surface area (Å²) in [5, 5.41) is 0. The van der Waals surface area contributed by atoms with Gasteiger partial charge in [0.15, 0.2) is 0 Å². The molecule has 0 bridgehead atoms. The minimum Gasteiger partial charge on any atom is -0.383 e. The normalized spacial score (nSPS) is 18.6. The van der Waals surface area contributed by atoms with E-state index >= 15 is 0 Å². The maximum absolute atomic E-state index is 13.7. The monoisotopic (exact) mass is 267 g/mol. The van der Waals surface area contributed by atoms with Crippen molar-refractivity contribution in [2.24, 2.45) is 5.73 Å². The zero-order valence-corrected chi connectivity index (χ0v) is 11.4. The van der Waals surface area contributed by atoms with Crippen molar-refractivity contribution in [3.63, 3.8) is 0 Å². The molecule has 2 rings (SSSR count). The standard InChI is InChI=1S/C14H22FN3O/c1-19-11-12(16)10-17-6-8-18(9-7-17)14-5-3-2-4-13(14)15/h2-5,12H,6-11,16H2,1H3. The Balaban J connectivity index is 1.84. The molecule has 1 aliphatic heterocycles. The van der Waals surface area contributed by atoms with Crippen LogP contribution in [0.3, 0.4) is 0 Å². The van der Waals surface area contributed by atoms with Gasteiger partial charge in [-0.25, -0.2) is 4.39 Å². The van der Waals surface area contributed by atoms with Gasteiger partial charge in [-0.2, -0.15) is 0 Å². The fraction of sp³-hybridized carbons (Fsp3) is 0.571. The SMILES string of the molecule is COCC(N)CN1CCN(c2ccccc2F)CC1. The summed E-state index contributed by atoms with van der Waals surface area (Å²) in [6.45, 7) is 4.89. The first-order valence-electron chi connectivity index (χ1n) is 6.67. The molecule has 0 aromatic heterocycles. The minimum absolute atomic E-state index is 0.0463. The second kappa shape index (κ2) is 6.84. The first-order chi connectivity index (χ1) is 9.20. The molecule has 0 saturated carbocycles. The molecule has 0 amide bonds. The molecule has 1 aromatic carbocycles. The van der Waals surface area contributed by atoms with E-state index in [1.807, 2.05) is 12.1 Å². The van der Waals surface area contributed by atoms with E-state index in [2.05, 4.69) is 9.80 Å². The Kier molecular flexibility index (Phi) is 5.13. The van der Waals surface area contributed by atoms with E-state index in [4.69, 9.17) is 10.5 Å². The number of piperazine rings is 1. The van der Waals surface area contributed by atoms with Crippen LogP contribution in [0.2, 0.25) is 0 Å². The Bertz CT molecular complexity index is 394. The summed E-state index contributed by atoms with van der Waals surface area (Å²) in [4.78, 5) is 4.40. The highest BCUT2D eigenvalue weighted by Crippen LogP contribution is 2.19. The lowest BCUT2D eigenvalue weighted by Gasteiger charge is -2.37. The van der Waals surface area contributed by atoms with Gasteiger partial charge in [-0.15, -0.1) is 0 Å². The number of benzene rings is 1. The van der Waals surface area contributed by atoms with Crippen LogP contribution in [-0.4, -0.2) is 57.4 Å². The molecule has 1 fully saturated rings. The summed E-state index contributed by atoms with van der Waals surface area (Å²) in [6, 6.07) is 6.99. The highest BCUT2D eigenvalue weighted by Gasteiger charge is 2.20. The van der Waals surface area contributed by atoms with Gasteiger partial charge in [-0.05, 0) is 12.1 Å². The Hall–Kier alpha value is -1.17. The zero-order valence-electron chi connectivity index (χ0n) is 11.4. The number of halogens is 1. The first-order valence-corrected chi connectivity index (χ1v) is 6.67. The van der Waals surface area contributed by atoms with Crippen LogP contribution in [0, 0.1) is 5.82 Å². The molecule has 19 heavy (non-hydrogen) atoms. The van der Waals surface area contributed by atoms with Crippen molar-refractivity contribution in [1.29, 1.82) is 0 Å². The van der Waals surface area contributed by atoms with Gasteiger partial charge in [0.25, 0.3) is 0 Å². The van der Waals surface area contributed by atoms with Crippen molar-refractivity contribution in [1.82, 2.24) is 4.90 Å². The molecule has 1 aromatic rings. The second-order valence-electron chi connectivity index (χ2n) is 4.95. The molecule has 106 valence electrons. The number of anilines is 1. The molecule has 1 atom stereocenters. The van der Waals surface area contributed by atoms with Gasteiger partial charge in [0.2, 0.25) is 0 Å². The minimum atomic E-state index is -0.146. The van der Waals surface area contributed by atoms with Crippen LogP contribution < -0.4 is 10.6 Å². The Morgan fingerprint density at radius 2 is 1.95 bits per heavy atom. The number of nitrogens with two attached hydrogens (primary N) is 1. The van der Waals surface area contributed by atoms with Crippen LogP contribution in [0.4, 0.5) is 10.1 Å². The third-order valence-corrected chi connectivity index (χ3v) is 3.44. The molecule has 4 nitrogen and oxygen atoms in total. The summed E-state index contributed by atoms with van der Waals surface area (Å²) >= 11 is 0. The molecule has 5 heteroatoms. The maximum atomic E-state index is 13.7. The van der Waals surface area contributed by atoms with E-state index < -0.39 is 0 Å². The molecule has 1 saturated heterocycles. The Morgan fingerprint density at radius 1 is 1.26 bits per heavy atom. The molecule has 2 N–H and O–H groups in total. The van der Waals surface area contributed by atoms with E-state index in [1.54, 1.807) is 13.2 Å². The number of ether oxygens (including phenoxy) is 1. The predicted octanol–water partition coefficient (Wildman–Crippen LogP) is 0.921. The zero-order chi connectivity index (χ0) is 13.7. The topological polar surface area (TPSA) is 41.7 Å². The largest absolute Gasteiger partial charge is 0.383 e. The van der Waals surface area contributed by atoms with Crippen molar-refractivity contribution in [3.8, 4) is 0 Å². The van der Waals surface area contributed by atoms with Gasteiger partial charge in [-0.3, -0.25) is 4.90 Å². The van der Waals surface area contributed by atoms with Gasteiger partial charge in [0.05, 0.1) is 12.3 Å². The van der Waals surface area contributed by atoms with E-state index in [-0.39, 0.29) is 11.9 Å². The van der Waals surface area contributed by atoms with Crippen molar-refractivity contribution in [3.05, 3.63) is 30.1 Å². The van der Waals surface area contributed by atoms with Gasteiger partial charge in [0, 0.05) is 45.9 Å². The van der Waals surface area contributed by atoms with Crippen LogP contribution >= 0.6 is 0 Å². The first kappa shape index (κ1) is 14.2. The van der Waals surface area contributed by atoms with Crippen molar-refractivity contribution in [2.45, 2.75) is 6.04 Å². The van der Waals surface area contributed by atoms with Gasteiger partial charge in [-0.1, -0.05) is 12.1 Å². The van der Waals surface area contributed by atoms with Crippen LogP contribution in [0.5, 0.6) is 0 Å². The lowest BCUT2D eigenvalue weighted by Crippen LogP contribution is -2.50. The summed E-state index contributed by atoms with van der Waals surface area (Å²) < 4.78 is 18.7. The lowest BCUT2D eigenvalue weighted by molar-refractivity contribution is 0.150. The third-order valence-electron chi connectivity index (χ3n) is 3.44. The van der Waals surface area contributed by atoms with Crippen molar-refractivity contribution >= 4 is 5.69 Å². The fourth-order valence-corrected chi connectivity index (χ4v) is 2.48. The summed E-state index contributed by atoms with van der Waals surface area (Å²) in [5.41, 5.74) is 6.64. The molecule has 0 aliphatic carbocycles. The van der Waals surface area contributed by atoms with Crippen LogP contribution in [0.25, 0.3) is 0 Å². The van der Waals surface area contributed by atoms with Crippen molar-refractivity contribution < 1.29 is 9.13 Å². The Morgan fingerprint density at radius 3 is 2.58 bits per heavy atom. The lowest BCUT2D eigenvalue weighted by atomic mass is 10.2. The second-order valence-corrected chi connectivity index (χ2v) is 4.95. The van der Waals surface area contributed by atoms with Gasteiger partial charge >= 0.3 is 0 Å². The third kappa shape index (κ3) is 3.89. The van der Waals surface area contributed by atoms with Gasteiger partial charge < -0.3 is 15.4 Å². The van der Waals surface area contributed by atoms with E-state index in [9.17, 15) is 4.39 Å². The van der Waals surface area contributed by atoms with E-state index in [1.165, 1.54) is 6.07 Å². The predicted molar refractivity (Wildman–Crippen MR) is 74.9 cm³/mol. The highest BCUT2D eigenvalue weighted by atomic mass is 19.1. The molecule has 0 spiro atoms. The Labute approximate surface area is 113 Å². The number of rotatable bonds is 5. The smallest absolute Gasteiger partial charge is 0.146 e. The van der Waals surface area contributed by atoms with Crippen LogP contribution in [-0.2, 0) is 4.74 Å². The molecule has 1 aliphatic rings.